The maximum atomic E-state index is 12.6. The van der Waals surface area contributed by atoms with Gasteiger partial charge in [0.1, 0.15) is 0 Å². The number of hydrogen-bond acceptors (Lipinski definition) is 4. The zero-order chi connectivity index (χ0) is 14.7. The predicted molar refractivity (Wildman–Crippen MR) is 78.5 cm³/mol. The Hall–Kier alpha value is -2.14. The molecule has 5 nitrogen and oxygen atoms in total. The summed E-state index contributed by atoms with van der Waals surface area (Å²) in [4.78, 5) is 16.7. The highest BCUT2D eigenvalue weighted by Crippen LogP contribution is 2.31. The number of rotatable bonds is 6. The predicted octanol–water partition coefficient (Wildman–Crippen LogP) is 1.70. The summed E-state index contributed by atoms with van der Waals surface area (Å²) in [6.45, 7) is 0.459. The van der Waals surface area contributed by atoms with E-state index >= 15 is 0 Å². The summed E-state index contributed by atoms with van der Waals surface area (Å²) in [5.41, 5.74) is 0.0372. The van der Waals surface area contributed by atoms with Gasteiger partial charge in [-0.25, -0.2) is 9.78 Å². The molecule has 1 aromatic carbocycles. The molecule has 21 heavy (non-hydrogen) atoms. The topological polar surface area (TPSA) is 56.2 Å². The Morgan fingerprint density at radius 2 is 2.19 bits per heavy atom. The third-order valence-corrected chi connectivity index (χ3v) is 3.81. The molecule has 1 aromatic heterocycles. The number of carbonyl (C=O) groups is 1. The molecule has 0 spiro atoms. The first-order chi connectivity index (χ1) is 10.2. The van der Waals surface area contributed by atoms with Crippen LogP contribution in [-0.4, -0.2) is 28.7 Å². The van der Waals surface area contributed by atoms with Crippen LogP contribution in [0.1, 0.15) is 18.4 Å². The zero-order valence-electron chi connectivity index (χ0n) is 12.0. The van der Waals surface area contributed by atoms with Crippen molar-refractivity contribution in [1.82, 2.24) is 14.9 Å². The largest absolute Gasteiger partial charge is 0.467 e. The van der Waals surface area contributed by atoms with Gasteiger partial charge in [0.25, 0.3) is 0 Å². The second kappa shape index (κ2) is 5.69. The highest BCUT2D eigenvalue weighted by molar-refractivity contribution is 5.82. The van der Waals surface area contributed by atoms with Crippen LogP contribution in [0, 0.1) is 0 Å². The van der Waals surface area contributed by atoms with E-state index < -0.39 is 5.54 Å². The summed E-state index contributed by atoms with van der Waals surface area (Å²) in [5.74, 6) is -0.269. The molecule has 1 saturated carbocycles. The van der Waals surface area contributed by atoms with Crippen molar-refractivity contribution >= 4 is 5.97 Å². The van der Waals surface area contributed by atoms with Crippen molar-refractivity contribution in [3.8, 4) is 0 Å². The summed E-state index contributed by atoms with van der Waals surface area (Å²) in [6, 6.07) is 10.1. The van der Waals surface area contributed by atoms with Crippen molar-refractivity contribution in [1.29, 1.82) is 0 Å². The number of hydrogen-bond donors (Lipinski definition) is 1. The van der Waals surface area contributed by atoms with Gasteiger partial charge in [0, 0.05) is 18.4 Å². The molecule has 2 aromatic rings. The van der Waals surface area contributed by atoms with E-state index in [-0.39, 0.29) is 5.97 Å². The van der Waals surface area contributed by atoms with Crippen LogP contribution in [0.25, 0.3) is 0 Å². The van der Waals surface area contributed by atoms with Crippen molar-refractivity contribution in [2.75, 3.05) is 7.11 Å². The fourth-order valence-electron chi connectivity index (χ4n) is 2.59. The van der Waals surface area contributed by atoms with Crippen LogP contribution in [0.15, 0.2) is 49.1 Å². The van der Waals surface area contributed by atoms with Crippen molar-refractivity contribution in [3.05, 3.63) is 54.6 Å². The Morgan fingerprint density at radius 3 is 2.76 bits per heavy atom. The minimum absolute atomic E-state index is 0.269. The van der Waals surface area contributed by atoms with Crippen LogP contribution >= 0.6 is 0 Å². The van der Waals surface area contributed by atoms with Crippen molar-refractivity contribution in [2.24, 2.45) is 0 Å². The lowest BCUT2D eigenvalue weighted by molar-refractivity contribution is -0.150. The summed E-state index contributed by atoms with van der Waals surface area (Å²) in [6.07, 6.45) is 7.47. The standard InChI is InChI=1S/C16H19N3O2/c1-21-15(20)16(18-14-7-8-14,11-19-10-9-17-12-19)13-5-3-2-4-6-13/h2-6,9-10,12,14,18H,7-8,11H2,1H3. The first kappa shape index (κ1) is 13.8. The lowest BCUT2D eigenvalue weighted by Gasteiger charge is -2.33. The number of aromatic nitrogens is 2. The number of imidazole rings is 1. The molecule has 1 aliphatic carbocycles. The van der Waals surface area contributed by atoms with Gasteiger partial charge in [-0.3, -0.25) is 5.32 Å². The van der Waals surface area contributed by atoms with Gasteiger partial charge in [-0.15, -0.1) is 0 Å². The van der Waals surface area contributed by atoms with Gasteiger partial charge >= 0.3 is 5.97 Å². The molecule has 0 bridgehead atoms. The average Bonchev–Trinajstić information content (AvgIpc) is 3.19. The van der Waals surface area contributed by atoms with Gasteiger partial charge in [0.05, 0.1) is 20.0 Å². The molecule has 5 heteroatoms. The molecule has 0 radical (unpaired) electrons. The van der Waals surface area contributed by atoms with Gasteiger partial charge in [-0.05, 0) is 18.4 Å². The van der Waals surface area contributed by atoms with Gasteiger partial charge in [-0.1, -0.05) is 30.3 Å². The average molecular weight is 285 g/mol. The van der Waals surface area contributed by atoms with Crippen LogP contribution in [0.2, 0.25) is 0 Å². The van der Waals surface area contributed by atoms with E-state index in [9.17, 15) is 4.79 Å². The minimum Gasteiger partial charge on any atom is -0.467 e. The highest BCUT2D eigenvalue weighted by Gasteiger charge is 2.45. The quantitative estimate of drug-likeness (QED) is 0.821. The fourth-order valence-corrected chi connectivity index (χ4v) is 2.59. The van der Waals surface area contributed by atoms with Crippen molar-refractivity contribution < 1.29 is 9.53 Å². The molecular weight excluding hydrogens is 266 g/mol. The zero-order valence-corrected chi connectivity index (χ0v) is 12.0. The molecule has 3 rings (SSSR count). The lowest BCUT2D eigenvalue weighted by Crippen LogP contribution is -2.53. The summed E-state index contributed by atoms with van der Waals surface area (Å²) < 4.78 is 7.01. The SMILES string of the molecule is COC(=O)C(Cn1ccnc1)(NC1CC1)c1ccccc1. The van der Waals surface area contributed by atoms with Crippen molar-refractivity contribution in [2.45, 2.75) is 31.0 Å². The molecule has 0 aliphatic heterocycles. The van der Waals surface area contributed by atoms with E-state index in [2.05, 4.69) is 10.3 Å². The van der Waals surface area contributed by atoms with Crippen LogP contribution in [-0.2, 0) is 21.6 Å². The molecule has 1 aliphatic rings. The smallest absolute Gasteiger partial charge is 0.332 e. The number of esters is 1. The normalized spacial score (nSPS) is 17.2. The first-order valence-corrected chi connectivity index (χ1v) is 7.12. The summed E-state index contributed by atoms with van der Waals surface area (Å²) >= 11 is 0. The van der Waals surface area contributed by atoms with Crippen LogP contribution < -0.4 is 5.32 Å². The van der Waals surface area contributed by atoms with Crippen LogP contribution in [0.3, 0.4) is 0 Å². The Kier molecular flexibility index (Phi) is 3.75. The maximum absolute atomic E-state index is 12.6. The molecule has 1 unspecified atom stereocenters. The number of methoxy groups -OCH3 is 1. The summed E-state index contributed by atoms with van der Waals surface area (Å²) in [5, 5.41) is 3.49. The Morgan fingerprint density at radius 1 is 1.43 bits per heavy atom. The second-order valence-electron chi connectivity index (χ2n) is 5.42. The number of nitrogens with one attached hydrogen (secondary N) is 1. The van der Waals surface area contributed by atoms with Crippen LogP contribution in [0.4, 0.5) is 0 Å². The Bertz CT molecular complexity index is 593. The molecule has 1 heterocycles. The van der Waals surface area contributed by atoms with E-state index in [0.717, 1.165) is 18.4 Å². The molecule has 1 atom stereocenters. The molecule has 1 N–H and O–H groups in total. The third kappa shape index (κ3) is 2.83. The van der Waals surface area contributed by atoms with E-state index in [0.29, 0.717) is 12.6 Å². The highest BCUT2D eigenvalue weighted by atomic mass is 16.5. The number of benzene rings is 1. The number of nitrogens with zero attached hydrogens (tertiary/aromatic N) is 2. The fraction of sp³-hybridized carbons (Fsp3) is 0.375. The van der Waals surface area contributed by atoms with Crippen molar-refractivity contribution in [3.63, 3.8) is 0 Å². The Balaban J connectivity index is 2.02. The summed E-state index contributed by atoms with van der Waals surface area (Å²) in [7, 11) is 1.43. The maximum Gasteiger partial charge on any atom is 0.332 e. The van der Waals surface area contributed by atoms with Gasteiger partial charge in [-0.2, -0.15) is 0 Å². The van der Waals surface area contributed by atoms with E-state index in [4.69, 9.17) is 4.74 Å². The molecule has 1 fully saturated rings. The van der Waals surface area contributed by atoms with Crippen LogP contribution in [0.5, 0.6) is 0 Å². The van der Waals surface area contributed by atoms with Gasteiger partial charge in [0.2, 0.25) is 0 Å². The molecular formula is C16H19N3O2. The van der Waals surface area contributed by atoms with E-state index in [1.807, 2.05) is 41.1 Å². The van der Waals surface area contributed by atoms with Gasteiger partial charge in [0.15, 0.2) is 5.54 Å². The number of carbonyl (C=O) groups excluding carboxylic acids is 1. The molecule has 0 saturated heterocycles. The second-order valence-corrected chi connectivity index (χ2v) is 5.42. The van der Waals surface area contributed by atoms with Gasteiger partial charge < -0.3 is 9.30 Å². The van der Waals surface area contributed by atoms with E-state index in [1.54, 1.807) is 12.5 Å². The monoisotopic (exact) mass is 285 g/mol. The molecule has 110 valence electrons. The first-order valence-electron chi connectivity index (χ1n) is 7.12. The van der Waals surface area contributed by atoms with E-state index in [1.165, 1.54) is 7.11 Å². The molecule has 0 amide bonds. The number of ether oxygens (including phenoxy) is 1. The Labute approximate surface area is 124 Å². The third-order valence-electron chi connectivity index (χ3n) is 3.81. The lowest BCUT2D eigenvalue weighted by atomic mass is 9.89. The minimum atomic E-state index is -0.877.